The van der Waals surface area contributed by atoms with Gasteiger partial charge in [-0.25, -0.2) is 4.39 Å². The zero-order valence-electron chi connectivity index (χ0n) is 8.52. The Hall–Kier alpha value is -0.890. The molecule has 2 rings (SSSR count). The first-order valence-electron chi connectivity index (χ1n) is 5.22. The van der Waals surface area contributed by atoms with E-state index in [2.05, 4.69) is 11.4 Å². The minimum absolute atomic E-state index is 0.0228. The summed E-state index contributed by atoms with van der Waals surface area (Å²) in [6.07, 6.45) is 3.02. The van der Waals surface area contributed by atoms with Crippen molar-refractivity contribution in [2.24, 2.45) is 5.92 Å². The molecule has 1 atom stereocenters. The van der Waals surface area contributed by atoms with Crippen LogP contribution in [0.25, 0.3) is 0 Å². The first-order valence-corrected chi connectivity index (χ1v) is 5.22. The van der Waals surface area contributed by atoms with Gasteiger partial charge in [-0.2, -0.15) is 0 Å². The second-order valence-corrected chi connectivity index (χ2v) is 4.04. The Labute approximate surface area is 84.3 Å². The van der Waals surface area contributed by atoms with Crippen LogP contribution in [-0.2, 0) is 12.8 Å². The summed E-state index contributed by atoms with van der Waals surface area (Å²) >= 11 is 0. The van der Waals surface area contributed by atoms with Crippen LogP contribution in [0.1, 0.15) is 17.5 Å². The molecule has 1 aromatic carbocycles. The van der Waals surface area contributed by atoms with E-state index >= 15 is 0 Å². The molecule has 0 aromatic heterocycles. The maximum atomic E-state index is 13.4. The lowest BCUT2D eigenvalue weighted by Crippen LogP contribution is -2.25. The number of nitrogens with one attached hydrogen (secondary N) is 1. The lowest BCUT2D eigenvalue weighted by atomic mass is 9.83. The first-order chi connectivity index (χ1) is 6.81. The largest absolute Gasteiger partial charge is 0.319 e. The van der Waals surface area contributed by atoms with Crippen LogP contribution in [0.5, 0.6) is 0 Å². The average molecular weight is 193 g/mol. The van der Waals surface area contributed by atoms with Gasteiger partial charge >= 0.3 is 0 Å². The van der Waals surface area contributed by atoms with Gasteiger partial charge in [0.15, 0.2) is 0 Å². The maximum Gasteiger partial charge on any atom is 0.126 e. The van der Waals surface area contributed by atoms with Crippen LogP contribution in [0.3, 0.4) is 0 Å². The van der Waals surface area contributed by atoms with Gasteiger partial charge in [-0.05, 0) is 56.0 Å². The van der Waals surface area contributed by atoms with Gasteiger partial charge in [0.1, 0.15) is 5.82 Å². The number of benzene rings is 1. The fourth-order valence-corrected chi connectivity index (χ4v) is 2.30. The number of hydrogen-bond donors (Lipinski definition) is 1. The fraction of sp³-hybridized carbons (Fsp3) is 0.500. The van der Waals surface area contributed by atoms with Gasteiger partial charge in [0.05, 0.1) is 0 Å². The van der Waals surface area contributed by atoms with E-state index in [9.17, 15) is 4.39 Å². The quantitative estimate of drug-likeness (QED) is 0.759. The Morgan fingerprint density at radius 3 is 3.14 bits per heavy atom. The summed E-state index contributed by atoms with van der Waals surface area (Å²) in [5.74, 6) is 0.653. The average Bonchev–Trinajstić information content (AvgIpc) is 2.18. The summed E-state index contributed by atoms with van der Waals surface area (Å²) < 4.78 is 13.4. The Morgan fingerprint density at radius 1 is 1.50 bits per heavy atom. The third kappa shape index (κ3) is 1.80. The molecule has 0 spiro atoms. The summed E-state index contributed by atoms with van der Waals surface area (Å²) in [4.78, 5) is 0. The Balaban J connectivity index is 2.18. The number of fused-ring (bicyclic) bond motifs is 1. The molecule has 0 heterocycles. The van der Waals surface area contributed by atoms with Gasteiger partial charge in [0.2, 0.25) is 0 Å². The molecule has 76 valence electrons. The molecule has 2 heteroatoms. The van der Waals surface area contributed by atoms with Crippen LogP contribution in [0.4, 0.5) is 4.39 Å². The van der Waals surface area contributed by atoms with Gasteiger partial charge in [-0.3, -0.25) is 0 Å². The van der Waals surface area contributed by atoms with E-state index in [0.29, 0.717) is 5.92 Å². The highest BCUT2D eigenvalue weighted by atomic mass is 19.1. The van der Waals surface area contributed by atoms with Crippen molar-refractivity contribution in [1.82, 2.24) is 5.32 Å². The molecule has 0 amide bonds. The van der Waals surface area contributed by atoms with Crippen LogP contribution in [0.15, 0.2) is 18.2 Å². The number of hydrogen-bond acceptors (Lipinski definition) is 1. The van der Waals surface area contributed by atoms with E-state index in [1.807, 2.05) is 13.1 Å². The Morgan fingerprint density at radius 2 is 2.36 bits per heavy atom. The number of rotatable bonds is 2. The summed E-state index contributed by atoms with van der Waals surface area (Å²) in [6.45, 7) is 1.04. The molecular weight excluding hydrogens is 177 g/mol. The van der Waals surface area contributed by atoms with E-state index < -0.39 is 0 Å². The van der Waals surface area contributed by atoms with Crippen LogP contribution in [0.2, 0.25) is 0 Å². The lowest BCUT2D eigenvalue weighted by molar-refractivity contribution is 0.430. The van der Waals surface area contributed by atoms with Crippen molar-refractivity contribution < 1.29 is 4.39 Å². The van der Waals surface area contributed by atoms with Crippen LogP contribution in [0, 0.1) is 11.7 Å². The van der Waals surface area contributed by atoms with Gasteiger partial charge in [0, 0.05) is 0 Å². The topological polar surface area (TPSA) is 12.0 Å². The highest BCUT2D eigenvalue weighted by molar-refractivity contribution is 5.31. The van der Waals surface area contributed by atoms with E-state index in [-0.39, 0.29) is 5.82 Å². The highest BCUT2D eigenvalue weighted by Crippen LogP contribution is 2.26. The zero-order valence-corrected chi connectivity index (χ0v) is 8.52. The van der Waals surface area contributed by atoms with Gasteiger partial charge in [0.25, 0.3) is 0 Å². The zero-order chi connectivity index (χ0) is 9.97. The molecule has 1 aliphatic rings. The Bertz CT molecular complexity index is 322. The summed E-state index contributed by atoms with van der Waals surface area (Å²) in [5, 5.41) is 3.19. The van der Waals surface area contributed by atoms with Crippen molar-refractivity contribution in [2.45, 2.75) is 19.3 Å². The molecular formula is C12H16FN. The van der Waals surface area contributed by atoms with E-state index in [4.69, 9.17) is 0 Å². The lowest BCUT2D eigenvalue weighted by Gasteiger charge is -2.24. The predicted octanol–water partition coefficient (Wildman–Crippen LogP) is 2.15. The molecule has 14 heavy (non-hydrogen) atoms. The minimum Gasteiger partial charge on any atom is -0.319 e. The molecule has 0 saturated heterocycles. The summed E-state index contributed by atoms with van der Waals surface area (Å²) in [5.41, 5.74) is 2.15. The minimum atomic E-state index is -0.0228. The van der Waals surface area contributed by atoms with Gasteiger partial charge < -0.3 is 5.32 Å². The molecule has 1 unspecified atom stereocenters. The van der Waals surface area contributed by atoms with Crippen molar-refractivity contribution in [3.63, 3.8) is 0 Å². The molecule has 1 nitrogen and oxygen atoms in total. The second kappa shape index (κ2) is 4.09. The monoisotopic (exact) mass is 193 g/mol. The van der Waals surface area contributed by atoms with Crippen molar-refractivity contribution in [2.75, 3.05) is 13.6 Å². The molecule has 0 bridgehead atoms. The third-order valence-electron chi connectivity index (χ3n) is 3.02. The predicted molar refractivity (Wildman–Crippen MR) is 55.8 cm³/mol. The SMILES string of the molecule is CNCC1CCc2c(F)cccc2C1. The van der Waals surface area contributed by atoms with Crippen molar-refractivity contribution >= 4 is 0 Å². The third-order valence-corrected chi connectivity index (χ3v) is 3.02. The molecule has 1 aliphatic carbocycles. The van der Waals surface area contributed by atoms with Crippen molar-refractivity contribution in [3.05, 3.63) is 35.1 Å². The first kappa shape index (κ1) is 9.66. The van der Waals surface area contributed by atoms with E-state index in [1.165, 1.54) is 5.56 Å². The smallest absolute Gasteiger partial charge is 0.126 e. The fourth-order valence-electron chi connectivity index (χ4n) is 2.30. The summed E-state index contributed by atoms with van der Waals surface area (Å²) in [7, 11) is 1.97. The van der Waals surface area contributed by atoms with E-state index in [0.717, 1.165) is 31.4 Å². The van der Waals surface area contributed by atoms with Crippen LogP contribution >= 0.6 is 0 Å². The van der Waals surface area contributed by atoms with Crippen LogP contribution in [-0.4, -0.2) is 13.6 Å². The van der Waals surface area contributed by atoms with Crippen molar-refractivity contribution in [3.8, 4) is 0 Å². The molecule has 1 aromatic rings. The maximum absolute atomic E-state index is 13.4. The van der Waals surface area contributed by atoms with Gasteiger partial charge in [-0.1, -0.05) is 12.1 Å². The standard InChI is InChI=1S/C12H16FN/c1-14-8-9-5-6-11-10(7-9)3-2-4-12(11)13/h2-4,9,14H,5-8H2,1H3. The van der Waals surface area contributed by atoms with Gasteiger partial charge in [-0.15, -0.1) is 0 Å². The Kier molecular flexibility index (Phi) is 2.82. The highest BCUT2D eigenvalue weighted by Gasteiger charge is 2.19. The van der Waals surface area contributed by atoms with E-state index in [1.54, 1.807) is 6.07 Å². The molecule has 0 fully saturated rings. The second-order valence-electron chi connectivity index (χ2n) is 4.04. The number of halogens is 1. The molecule has 0 radical (unpaired) electrons. The molecule has 1 N–H and O–H groups in total. The van der Waals surface area contributed by atoms with Crippen LogP contribution < -0.4 is 5.32 Å². The normalized spacial score (nSPS) is 20.6. The summed E-state index contributed by atoms with van der Waals surface area (Å²) in [6, 6.07) is 5.44. The molecule has 0 aliphatic heterocycles. The molecule has 0 saturated carbocycles. The van der Waals surface area contributed by atoms with Crippen molar-refractivity contribution in [1.29, 1.82) is 0 Å².